The maximum Gasteiger partial charge on any atom is 0.407 e. The monoisotopic (exact) mass is 408 g/mol. The molecule has 5 nitrogen and oxygen atoms in total. The fraction of sp³-hybridized carbons (Fsp3) is 0.400. The number of hydrogen-bond acceptors (Lipinski definition) is 3. The van der Waals surface area contributed by atoms with Crippen LogP contribution in [0.5, 0.6) is 0 Å². The Morgan fingerprint density at radius 2 is 2.04 bits per heavy atom. The van der Waals surface area contributed by atoms with E-state index in [-0.39, 0.29) is 12.0 Å². The highest BCUT2D eigenvalue weighted by atomic mass is 35.5. The van der Waals surface area contributed by atoms with Gasteiger partial charge in [0.15, 0.2) is 0 Å². The molecular weight excluding hydrogens is 387 g/mol. The molecule has 0 fully saturated rings. The second-order valence-corrected chi connectivity index (χ2v) is 7.91. The molecule has 0 saturated carbocycles. The zero-order chi connectivity index (χ0) is 19.7. The van der Waals surface area contributed by atoms with Gasteiger partial charge in [-0.25, -0.2) is 4.79 Å². The first-order valence-electron chi connectivity index (χ1n) is 8.91. The minimum absolute atomic E-state index is 0.152. The van der Waals surface area contributed by atoms with Gasteiger partial charge in [-0.05, 0) is 31.9 Å². The van der Waals surface area contributed by atoms with Gasteiger partial charge in [0.1, 0.15) is 11.5 Å². The Morgan fingerprint density at radius 1 is 1.37 bits per heavy atom. The summed E-state index contributed by atoms with van der Waals surface area (Å²) in [7, 11) is 0. The molecular formula is C20H22Cl2N2O3. The summed E-state index contributed by atoms with van der Waals surface area (Å²) in [6, 6.07) is 5.19. The Balaban J connectivity index is 2.02. The van der Waals surface area contributed by atoms with Crippen LogP contribution < -0.4 is 0 Å². The standard InChI is InChI=1S/C20H22Cl2N2O3/c1-11(2)19-14(10-13-7-8-24(20(25)26)12(3)9-13)18(23-27-19)17-15(21)5-4-6-16(17)22/h4-6,9,11-12H,7-8,10H2,1-3H3,(H,25,26)/t12-/m1/s1. The Labute approximate surface area is 168 Å². The molecule has 0 aliphatic carbocycles. The number of aromatic nitrogens is 1. The van der Waals surface area contributed by atoms with Gasteiger partial charge in [-0.3, -0.25) is 0 Å². The molecule has 7 heteroatoms. The van der Waals surface area contributed by atoms with Gasteiger partial charge in [-0.2, -0.15) is 0 Å². The number of hydrogen-bond donors (Lipinski definition) is 1. The third-order valence-electron chi connectivity index (χ3n) is 4.83. The van der Waals surface area contributed by atoms with E-state index in [9.17, 15) is 9.90 Å². The van der Waals surface area contributed by atoms with Crippen LogP contribution in [0, 0.1) is 0 Å². The fourth-order valence-corrected chi connectivity index (χ4v) is 4.07. The molecule has 1 N–H and O–H groups in total. The van der Waals surface area contributed by atoms with Crippen LogP contribution in [0.4, 0.5) is 4.79 Å². The maximum atomic E-state index is 11.3. The lowest BCUT2D eigenvalue weighted by atomic mass is 9.92. The molecule has 0 saturated heterocycles. The maximum absolute atomic E-state index is 11.3. The van der Waals surface area contributed by atoms with Crippen molar-refractivity contribution >= 4 is 29.3 Å². The van der Waals surface area contributed by atoms with Gasteiger partial charge >= 0.3 is 6.09 Å². The Morgan fingerprint density at radius 3 is 2.59 bits per heavy atom. The molecule has 0 bridgehead atoms. The Bertz CT molecular complexity index is 869. The number of nitrogens with zero attached hydrogens (tertiary/aromatic N) is 2. The summed E-state index contributed by atoms with van der Waals surface area (Å²) in [4.78, 5) is 12.7. The first-order chi connectivity index (χ1) is 12.8. The first-order valence-corrected chi connectivity index (χ1v) is 9.67. The first kappa shape index (κ1) is 19.8. The zero-order valence-electron chi connectivity index (χ0n) is 15.5. The molecule has 1 aromatic carbocycles. The van der Waals surface area contributed by atoms with Gasteiger partial charge < -0.3 is 14.5 Å². The lowest BCUT2D eigenvalue weighted by molar-refractivity contribution is 0.134. The van der Waals surface area contributed by atoms with Gasteiger partial charge in [0, 0.05) is 23.6 Å². The van der Waals surface area contributed by atoms with Gasteiger partial charge in [0.05, 0.1) is 16.1 Å². The van der Waals surface area contributed by atoms with Crippen LogP contribution in [-0.4, -0.2) is 33.8 Å². The number of halogens is 2. The van der Waals surface area contributed by atoms with Crippen LogP contribution in [0.3, 0.4) is 0 Å². The van der Waals surface area contributed by atoms with Crippen LogP contribution >= 0.6 is 23.2 Å². The molecule has 2 heterocycles. The van der Waals surface area contributed by atoms with Crippen molar-refractivity contribution in [3.8, 4) is 11.3 Å². The molecule has 1 aromatic heterocycles. The van der Waals surface area contributed by atoms with E-state index in [1.54, 1.807) is 18.2 Å². The lowest BCUT2D eigenvalue weighted by Crippen LogP contribution is -2.40. The fourth-order valence-electron chi connectivity index (χ4n) is 3.49. The summed E-state index contributed by atoms with van der Waals surface area (Å²) < 4.78 is 5.65. The summed E-state index contributed by atoms with van der Waals surface area (Å²) in [5.41, 5.74) is 3.45. The number of carbonyl (C=O) groups is 1. The minimum Gasteiger partial charge on any atom is -0.465 e. The van der Waals surface area contributed by atoms with Crippen molar-refractivity contribution in [2.75, 3.05) is 6.54 Å². The van der Waals surface area contributed by atoms with Gasteiger partial charge in [-0.15, -0.1) is 0 Å². The largest absolute Gasteiger partial charge is 0.465 e. The second kappa shape index (κ2) is 7.95. The summed E-state index contributed by atoms with van der Waals surface area (Å²) in [6.45, 7) is 6.46. The molecule has 1 amide bonds. The Kier molecular flexibility index (Phi) is 5.82. The van der Waals surface area contributed by atoms with Crippen LogP contribution in [0.1, 0.15) is 44.4 Å². The average molecular weight is 409 g/mol. The van der Waals surface area contributed by atoms with Gasteiger partial charge in [-0.1, -0.05) is 59.9 Å². The van der Waals surface area contributed by atoms with E-state index in [4.69, 9.17) is 27.7 Å². The molecule has 2 aromatic rings. The van der Waals surface area contributed by atoms with Crippen LogP contribution in [0.2, 0.25) is 10.0 Å². The predicted molar refractivity (Wildman–Crippen MR) is 107 cm³/mol. The second-order valence-electron chi connectivity index (χ2n) is 7.09. The molecule has 1 aliphatic rings. The van der Waals surface area contributed by atoms with Crippen molar-refractivity contribution in [1.29, 1.82) is 0 Å². The number of amides is 1. The molecule has 27 heavy (non-hydrogen) atoms. The normalized spacial score (nSPS) is 17.3. The van der Waals surface area contributed by atoms with E-state index in [0.717, 1.165) is 16.9 Å². The highest BCUT2D eigenvalue weighted by Crippen LogP contribution is 2.39. The summed E-state index contributed by atoms with van der Waals surface area (Å²) in [5, 5.41) is 14.6. The van der Waals surface area contributed by atoms with E-state index in [2.05, 4.69) is 5.16 Å². The summed E-state index contributed by atoms with van der Waals surface area (Å²) in [6.07, 6.45) is 2.42. The molecule has 1 atom stereocenters. The van der Waals surface area contributed by atoms with E-state index in [1.165, 1.54) is 4.90 Å². The quantitative estimate of drug-likeness (QED) is 0.628. The third-order valence-corrected chi connectivity index (χ3v) is 5.46. The number of benzene rings is 1. The van der Waals surface area contributed by atoms with Crippen molar-refractivity contribution < 1.29 is 14.4 Å². The van der Waals surface area contributed by atoms with Crippen molar-refractivity contribution in [2.45, 2.75) is 45.6 Å². The van der Waals surface area contributed by atoms with Crippen molar-refractivity contribution in [3.05, 3.63) is 51.2 Å². The van der Waals surface area contributed by atoms with Crippen molar-refractivity contribution in [3.63, 3.8) is 0 Å². The molecule has 3 rings (SSSR count). The minimum atomic E-state index is -0.894. The summed E-state index contributed by atoms with van der Waals surface area (Å²) >= 11 is 12.8. The molecule has 144 valence electrons. The van der Waals surface area contributed by atoms with E-state index >= 15 is 0 Å². The molecule has 0 radical (unpaired) electrons. The van der Waals surface area contributed by atoms with Crippen LogP contribution in [-0.2, 0) is 6.42 Å². The lowest BCUT2D eigenvalue weighted by Gasteiger charge is -2.30. The van der Waals surface area contributed by atoms with Crippen molar-refractivity contribution in [2.24, 2.45) is 0 Å². The van der Waals surface area contributed by atoms with E-state index in [0.29, 0.717) is 40.7 Å². The molecule has 1 aliphatic heterocycles. The van der Waals surface area contributed by atoms with Gasteiger partial charge in [0.25, 0.3) is 0 Å². The zero-order valence-corrected chi connectivity index (χ0v) is 17.0. The molecule has 0 spiro atoms. The highest BCUT2D eigenvalue weighted by Gasteiger charge is 2.27. The number of carboxylic acid groups (broad SMARTS) is 1. The third kappa shape index (κ3) is 3.99. The van der Waals surface area contributed by atoms with E-state index in [1.807, 2.05) is 26.8 Å². The van der Waals surface area contributed by atoms with Crippen LogP contribution in [0.15, 0.2) is 34.4 Å². The predicted octanol–water partition coefficient (Wildman–Crippen LogP) is 6.01. The van der Waals surface area contributed by atoms with Gasteiger partial charge in [0.2, 0.25) is 0 Å². The Hall–Kier alpha value is -1.98. The average Bonchev–Trinajstić information content (AvgIpc) is 2.98. The summed E-state index contributed by atoms with van der Waals surface area (Å²) in [5.74, 6) is 0.954. The smallest absolute Gasteiger partial charge is 0.407 e. The van der Waals surface area contributed by atoms with Crippen molar-refractivity contribution in [1.82, 2.24) is 10.1 Å². The van der Waals surface area contributed by atoms with Crippen LogP contribution in [0.25, 0.3) is 11.3 Å². The van der Waals surface area contributed by atoms with E-state index < -0.39 is 6.09 Å². The topological polar surface area (TPSA) is 66.6 Å². The highest BCUT2D eigenvalue weighted by molar-refractivity contribution is 6.39. The number of rotatable bonds is 4. The molecule has 0 unspecified atom stereocenters. The SMILES string of the molecule is CC(C)c1onc(-c2c(Cl)cccc2Cl)c1CC1=C[C@@H](C)N(C(=O)O)CC1.